The van der Waals surface area contributed by atoms with Crippen molar-refractivity contribution in [3.63, 3.8) is 0 Å². The summed E-state index contributed by atoms with van der Waals surface area (Å²) in [5, 5.41) is 0. The molecule has 8 heavy (non-hydrogen) atoms. The summed E-state index contributed by atoms with van der Waals surface area (Å²) in [6.45, 7) is 1.25. The predicted octanol–water partition coefficient (Wildman–Crippen LogP) is 0.669. The van der Waals surface area contributed by atoms with Crippen LogP contribution in [-0.4, -0.2) is 42.4 Å². The summed E-state index contributed by atoms with van der Waals surface area (Å²) in [4.78, 5) is 0. The van der Waals surface area contributed by atoms with Gasteiger partial charge in [0.15, 0.2) is 0 Å². The zero-order valence-corrected chi connectivity index (χ0v) is 7.07. The molecule has 0 aromatic rings. The zero-order chi connectivity index (χ0) is 6.62. The van der Waals surface area contributed by atoms with Crippen LogP contribution in [0.5, 0.6) is 0 Å². The second-order valence-corrected chi connectivity index (χ2v) is 3.62. The third-order valence-corrected chi connectivity index (χ3v) is 1.36. The maximum Gasteiger partial charge on any atom is 0.0777 e. The molecule has 0 aliphatic carbocycles. The topological polar surface area (TPSA) is 0 Å². The highest BCUT2D eigenvalue weighted by atomic mass is 28.1. The molecule has 0 aromatic heterocycles. The Labute approximate surface area is 55.7 Å². The van der Waals surface area contributed by atoms with Crippen molar-refractivity contribution in [1.82, 2.24) is 0 Å². The Morgan fingerprint density at radius 3 is 1.88 bits per heavy atom. The van der Waals surface area contributed by atoms with E-state index in [1.54, 1.807) is 0 Å². The van der Waals surface area contributed by atoms with Crippen LogP contribution < -0.4 is 0 Å². The van der Waals surface area contributed by atoms with Crippen molar-refractivity contribution in [3.05, 3.63) is 0 Å². The van der Waals surface area contributed by atoms with Gasteiger partial charge < -0.3 is 4.48 Å². The van der Waals surface area contributed by atoms with Gasteiger partial charge in [-0.3, -0.25) is 0 Å². The third kappa shape index (κ3) is 6.18. The lowest BCUT2D eigenvalue weighted by Crippen LogP contribution is -2.35. The fourth-order valence-electron chi connectivity index (χ4n) is 0.553. The van der Waals surface area contributed by atoms with E-state index in [2.05, 4.69) is 31.4 Å². The summed E-state index contributed by atoms with van der Waals surface area (Å²) in [6, 6.07) is 1.12. The Hall–Kier alpha value is 0.177. The maximum atomic E-state index is 3.43. The summed E-state index contributed by atoms with van der Waals surface area (Å²) in [5.41, 5.74) is 0. The molecule has 3 radical (unpaired) electrons. The first kappa shape index (κ1) is 8.18. The Morgan fingerprint density at radius 2 is 1.75 bits per heavy atom. The van der Waals surface area contributed by atoms with Gasteiger partial charge in [0.2, 0.25) is 0 Å². The van der Waals surface area contributed by atoms with E-state index >= 15 is 0 Å². The van der Waals surface area contributed by atoms with Crippen LogP contribution in [0.3, 0.4) is 0 Å². The van der Waals surface area contributed by atoms with Crippen LogP contribution in [0.4, 0.5) is 0 Å². The summed E-state index contributed by atoms with van der Waals surface area (Å²) >= 11 is 0. The van der Waals surface area contributed by atoms with Gasteiger partial charge in [-0.15, -0.1) is 0 Å². The summed E-state index contributed by atoms with van der Waals surface area (Å²) in [7, 11) is 10.1. The van der Waals surface area contributed by atoms with Gasteiger partial charge >= 0.3 is 0 Å². The number of quaternary nitrogens is 1. The van der Waals surface area contributed by atoms with E-state index in [-0.39, 0.29) is 0 Å². The van der Waals surface area contributed by atoms with Crippen LogP contribution in [0.25, 0.3) is 0 Å². The zero-order valence-electron chi connectivity index (χ0n) is 6.07. The van der Waals surface area contributed by atoms with Crippen LogP contribution in [0.2, 0.25) is 6.04 Å². The van der Waals surface area contributed by atoms with E-state index in [4.69, 9.17) is 0 Å². The molecular formula is C6H15NSi+. The first-order valence-corrected chi connectivity index (χ1v) is 3.72. The normalized spacial score (nSPS) is 12.0. The summed E-state index contributed by atoms with van der Waals surface area (Å²) < 4.78 is 1.07. The molecule has 0 saturated carbocycles. The highest BCUT2D eigenvalue weighted by molar-refractivity contribution is 6.08. The summed E-state index contributed by atoms with van der Waals surface area (Å²) in [6.07, 6.45) is 1.26. The number of rotatable bonds is 3. The van der Waals surface area contributed by atoms with Crippen molar-refractivity contribution < 1.29 is 4.48 Å². The average molecular weight is 129 g/mol. The molecule has 0 aliphatic heterocycles. The molecule has 0 fully saturated rings. The Balaban J connectivity index is 3.11. The minimum absolute atomic E-state index is 1.07. The summed E-state index contributed by atoms with van der Waals surface area (Å²) in [5.74, 6) is 0. The van der Waals surface area contributed by atoms with Crippen LogP contribution >= 0.6 is 0 Å². The Morgan fingerprint density at radius 1 is 1.25 bits per heavy atom. The Bertz CT molecular complexity index is 56.0. The lowest BCUT2D eigenvalue weighted by Gasteiger charge is -2.23. The van der Waals surface area contributed by atoms with Gasteiger partial charge in [-0.1, -0.05) is 6.04 Å². The smallest absolute Gasteiger partial charge is 0.0777 e. The van der Waals surface area contributed by atoms with E-state index in [1.807, 2.05) is 0 Å². The first-order chi connectivity index (χ1) is 3.56. The van der Waals surface area contributed by atoms with Crippen molar-refractivity contribution in [2.75, 3.05) is 27.7 Å². The van der Waals surface area contributed by atoms with Gasteiger partial charge in [0.05, 0.1) is 27.7 Å². The van der Waals surface area contributed by atoms with E-state index < -0.39 is 0 Å². The molecule has 0 rings (SSSR count). The molecule has 47 valence electrons. The molecule has 1 nitrogen and oxygen atoms in total. The van der Waals surface area contributed by atoms with Crippen LogP contribution in [0.1, 0.15) is 6.42 Å². The highest BCUT2D eigenvalue weighted by Crippen LogP contribution is 1.94. The van der Waals surface area contributed by atoms with Crippen molar-refractivity contribution in [2.24, 2.45) is 0 Å². The average Bonchev–Trinajstić information content (AvgIpc) is 1.59. The molecule has 0 heterocycles. The van der Waals surface area contributed by atoms with E-state index in [1.165, 1.54) is 13.0 Å². The second-order valence-electron chi connectivity index (χ2n) is 3.12. The van der Waals surface area contributed by atoms with E-state index in [0.29, 0.717) is 0 Å². The van der Waals surface area contributed by atoms with Crippen molar-refractivity contribution in [3.8, 4) is 0 Å². The number of hydrogen-bond donors (Lipinski definition) is 0. The minimum Gasteiger partial charge on any atom is -0.331 e. The second kappa shape index (κ2) is 3.25. The predicted molar refractivity (Wildman–Crippen MR) is 38.1 cm³/mol. The van der Waals surface area contributed by atoms with E-state index in [9.17, 15) is 0 Å². The number of hydrogen-bond acceptors (Lipinski definition) is 0. The first-order valence-electron chi connectivity index (χ1n) is 3.01. The van der Waals surface area contributed by atoms with Gasteiger partial charge in [-0.05, 0) is 6.42 Å². The van der Waals surface area contributed by atoms with Crippen LogP contribution in [0.15, 0.2) is 0 Å². The Kier molecular flexibility index (Phi) is 3.32. The molecule has 0 aromatic carbocycles. The molecule has 0 bridgehead atoms. The lowest BCUT2D eigenvalue weighted by atomic mass is 10.4. The molecular weight excluding hydrogens is 114 g/mol. The molecule has 0 saturated heterocycles. The third-order valence-electron chi connectivity index (χ3n) is 1.01. The highest BCUT2D eigenvalue weighted by Gasteiger charge is 2.02. The molecule has 0 spiro atoms. The monoisotopic (exact) mass is 129 g/mol. The van der Waals surface area contributed by atoms with E-state index in [0.717, 1.165) is 10.5 Å². The lowest BCUT2D eigenvalue weighted by molar-refractivity contribution is -0.870. The standard InChI is InChI=1S/C6H15NSi/c1-7(2,3)5-4-6-8/h4-6H2,1-3H3/q+1. The fourth-order valence-corrected chi connectivity index (χ4v) is 0.712. The van der Waals surface area contributed by atoms with Gasteiger partial charge in [0.1, 0.15) is 0 Å². The molecule has 0 unspecified atom stereocenters. The van der Waals surface area contributed by atoms with Gasteiger partial charge in [0, 0.05) is 10.2 Å². The molecule has 2 heteroatoms. The SMILES string of the molecule is C[N+](C)(C)CCC[Si]. The van der Waals surface area contributed by atoms with Gasteiger partial charge in [-0.2, -0.15) is 0 Å². The quantitative estimate of drug-likeness (QED) is 0.388. The van der Waals surface area contributed by atoms with Gasteiger partial charge in [0.25, 0.3) is 0 Å². The van der Waals surface area contributed by atoms with Crippen LogP contribution in [0, 0.1) is 0 Å². The largest absolute Gasteiger partial charge is 0.331 e. The molecule has 0 amide bonds. The van der Waals surface area contributed by atoms with Crippen LogP contribution in [-0.2, 0) is 0 Å². The molecule has 0 N–H and O–H groups in total. The van der Waals surface area contributed by atoms with Crippen molar-refractivity contribution in [1.29, 1.82) is 0 Å². The maximum absolute atomic E-state index is 3.43. The molecule has 0 atom stereocenters. The minimum atomic E-state index is 1.07. The number of nitrogens with zero attached hydrogens (tertiary/aromatic N) is 1. The van der Waals surface area contributed by atoms with Crippen molar-refractivity contribution in [2.45, 2.75) is 12.5 Å². The fraction of sp³-hybridized carbons (Fsp3) is 1.00. The molecule has 0 aliphatic rings. The van der Waals surface area contributed by atoms with Crippen molar-refractivity contribution >= 4 is 10.2 Å². The van der Waals surface area contributed by atoms with Gasteiger partial charge in [-0.25, -0.2) is 0 Å².